The summed E-state index contributed by atoms with van der Waals surface area (Å²) in [4.78, 5) is 14.9. The Bertz CT molecular complexity index is 832. The molecule has 2 aromatic carbocycles. The van der Waals surface area contributed by atoms with Gasteiger partial charge in [-0.2, -0.15) is 5.26 Å². The lowest BCUT2D eigenvalue weighted by molar-refractivity contribution is -0.128. The van der Waals surface area contributed by atoms with Gasteiger partial charge in [-0.3, -0.25) is 4.79 Å². The summed E-state index contributed by atoms with van der Waals surface area (Å²) in [6.45, 7) is 0.771. The number of nitriles is 1. The highest BCUT2D eigenvalue weighted by atomic mass is 16.5. The lowest BCUT2D eigenvalue weighted by Crippen LogP contribution is -2.33. The minimum atomic E-state index is 0.0297. The van der Waals surface area contributed by atoms with Crippen LogP contribution < -0.4 is 4.74 Å². The van der Waals surface area contributed by atoms with E-state index in [0.717, 1.165) is 49.1 Å². The van der Waals surface area contributed by atoms with Crippen LogP contribution in [0.1, 0.15) is 48.4 Å². The molecule has 1 aliphatic heterocycles. The molecule has 2 aromatic rings. The predicted molar refractivity (Wildman–Crippen MR) is 106 cm³/mol. The molecule has 0 spiro atoms. The van der Waals surface area contributed by atoms with Crippen molar-refractivity contribution in [3.05, 3.63) is 71.3 Å². The Morgan fingerprint density at radius 1 is 1.11 bits per heavy atom. The summed E-state index contributed by atoms with van der Waals surface area (Å²) >= 11 is 0. The summed E-state index contributed by atoms with van der Waals surface area (Å²) < 4.78 is 5.25. The van der Waals surface area contributed by atoms with Crippen molar-refractivity contribution >= 4 is 12.0 Å². The number of likely N-dealkylation sites (tertiary alicyclic amines) is 1. The van der Waals surface area contributed by atoms with E-state index >= 15 is 0 Å². The van der Waals surface area contributed by atoms with E-state index in [-0.39, 0.29) is 11.9 Å². The number of carbonyl (C=O) groups excluding carboxylic acids is 1. The molecule has 1 amide bonds. The van der Waals surface area contributed by atoms with Gasteiger partial charge in [0.05, 0.1) is 24.8 Å². The fourth-order valence-corrected chi connectivity index (χ4v) is 3.48. The fraction of sp³-hybridized carbons (Fsp3) is 0.304. The highest BCUT2D eigenvalue weighted by Crippen LogP contribution is 2.31. The van der Waals surface area contributed by atoms with Crippen LogP contribution in [0.3, 0.4) is 0 Å². The Labute approximate surface area is 160 Å². The summed E-state index contributed by atoms with van der Waals surface area (Å²) in [6.07, 6.45) is 7.74. The average Bonchev–Trinajstić information content (AvgIpc) is 2.98. The van der Waals surface area contributed by atoms with Gasteiger partial charge >= 0.3 is 0 Å². The molecule has 4 nitrogen and oxygen atoms in total. The average molecular weight is 360 g/mol. The molecule has 1 heterocycles. The third-order valence-corrected chi connectivity index (χ3v) is 4.99. The van der Waals surface area contributed by atoms with Gasteiger partial charge in [0, 0.05) is 12.6 Å². The SMILES string of the molecule is COc1ccc(C2CCCCCN2C(=O)C=Cc2ccc(C#N)cc2)cc1. The van der Waals surface area contributed by atoms with Gasteiger partial charge in [-0.15, -0.1) is 0 Å². The van der Waals surface area contributed by atoms with Crippen LogP contribution in [0.15, 0.2) is 54.6 Å². The molecule has 27 heavy (non-hydrogen) atoms. The van der Waals surface area contributed by atoms with Crippen molar-refractivity contribution < 1.29 is 9.53 Å². The number of carbonyl (C=O) groups is 1. The first-order valence-corrected chi connectivity index (χ1v) is 9.34. The maximum atomic E-state index is 12.9. The molecule has 0 bridgehead atoms. The number of amides is 1. The molecule has 4 heteroatoms. The second-order valence-electron chi connectivity index (χ2n) is 6.74. The van der Waals surface area contributed by atoms with Crippen molar-refractivity contribution in [2.24, 2.45) is 0 Å². The summed E-state index contributed by atoms with van der Waals surface area (Å²) in [5.41, 5.74) is 2.68. The van der Waals surface area contributed by atoms with Gasteiger partial charge in [0.15, 0.2) is 0 Å². The van der Waals surface area contributed by atoms with Gasteiger partial charge in [0.1, 0.15) is 5.75 Å². The molecule has 1 saturated heterocycles. The van der Waals surface area contributed by atoms with Crippen LogP contribution in [0.2, 0.25) is 0 Å². The molecule has 1 fully saturated rings. The van der Waals surface area contributed by atoms with Crippen LogP contribution in [0.4, 0.5) is 0 Å². The van der Waals surface area contributed by atoms with Crippen molar-refractivity contribution in [1.82, 2.24) is 4.90 Å². The van der Waals surface area contributed by atoms with E-state index in [2.05, 4.69) is 18.2 Å². The number of methoxy groups -OCH3 is 1. The molecule has 0 radical (unpaired) electrons. The van der Waals surface area contributed by atoms with Crippen LogP contribution >= 0.6 is 0 Å². The van der Waals surface area contributed by atoms with Crippen LogP contribution in [0.5, 0.6) is 5.75 Å². The van der Waals surface area contributed by atoms with Crippen molar-refractivity contribution in [3.8, 4) is 11.8 Å². The summed E-state index contributed by atoms with van der Waals surface area (Å²) in [7, 11) is 1.66. The second-order valence-corrected chi connectivity index (χ2v) is 6.74. The Hall–Kier alpha value is -3.06. The normalized spacial score (nSPS) is 17.3. The van der Waals surface area contributed by atoms with Crippen LogP contribution in [0, 0.1) is 11.3 Å². The van der Waals surface area contributed by atoms with Crippen molar-refractivity contribution in [1.29, 1.82) is 5.26 Å². The number of hydrogen-bond donors (Lipinski definition) is 0. The third-order valence-electron chi connectivity index (χ3n) is 4.99. The van der Waals surface area contributed by atoms with Crippen molar-refractivity contribution in [2.45, 2.75) is 31.7 Å². The van der Waals surface area contributed by atoms with Crippen LogP contribution in [-0.4, -0.2) is 24.5 Å². The molecule has 1 atom stereocenters. The van der Waals surface area contributed by atoms with Crippen LogP contribution in [0.25, 0.3) is 6.08 Å². The number of ether oxygens (including phenoxy) is 1. The molecule has 3 rings (SSSR count). The van der Waals surface area contributed by atoms with E-state index in [0.29, 0.717) is 5.56 Å². The van der Waals surface area contributed by atoms with E-state index in [4.69, 9.17) is 10.00 Å². The Kier molecular flexibility index (Phi) is 6.27. The first-order valence-electron chi connectivity index (χ1n) is 9.34. The van der Waals surface area contributed by atoms with Gasteiger partial charge in [-0.25, -0.2) is 0 Å². The largest absolute Gasteiger partial charge is 0.497 e. The maximum absolute atomic E-state index is 12.9. The molecule has 0 aromatic heterocycles. The zero-order valence-corrected chi connectivity index (χ0v) is 15.6. The van der Waals surface area contributed by atoms with Crippen LogP contribution in [-0.2, 0) is 4.79 Å². The summed E-state index contributed by atoms with van der Waals surface area (Å²) in [5, 5.41) is 8.88. The number of nitrogens with zero attached hydrogens (tertiary/aromatic N) is 2. The predicted octanol–water partition coefficient (Wildman–Crippen LogP) is 4.72. The first-order chi connectivity index (χ1) is 13.2. The van der Waals surface area contributed by atoms with E-state index < -0.39 is 0 Å². The highest BCUT2D eigenvalue weighted by Gasteiger charge is 2.25. The maximum Gasteiger partial charge on any atom is 0.247 e. The van der Waals surface area contributed by atoms with Crippen molar-refractivity contribution in [2.75, 3.05) is 13.7 Å². The Morgan fingerprint density at radius 2 is 1.85 bits per heavy atom. The summed E-state index contributed by atoms with van der Waals surface area (Å²) in [6, 6.07) is 17.4. The topological polar surface area (TPSA) is 53.3 Å². The minimum absolute atomic E-state index is 0.0297. The Morgan fingerprint density at radius 3 is 2.52 bits per heavy atom. The van der Waals surface area contributed by atoms with E-state index in [1.165, 1.54) is 0 Å². The lowest BCUT2D eigenvalue weighted by atomic mass is 10.0. The Balaban J connectivity index is 1.78. The summed E-state index contributed by atoms with van der Waals surface area (Å²) in [5.74, 6) is 0.855. The monoisotopic (exact) mass is 360 g/mol. The van der Waals surface area contributed by atoms with Gasteiger partial charge in [0.25, 0.3) is 0 Å². The van der Waals surface area contributed by atoms with E-state index in [1.54, 1.807) is 25.3 Å². The highest BCUT2D eigenvalue weighted by molar-refractivity contribution is 5.92. The standard InChI is InChI=1S/C23H24N2O2/c1-27-21-13-11-20(12-14-21)22-5-3-2-4-16-25(22)23(26)15-10-18-6-8-19(17-24)9-7-18/h6-15,22H,2-5,16H2,1H3. The molecule has 0 N–H and O–H groups in total. The molecule has 0 saturated carbocycles. The van der Waals surface area contributed by atoms with E-state index in [9.17, 15) is 4.79 Å². The zero-order valence-electron chi connectivity index (χ0n) is 15.6. The molecule has 1 aliphatic rings. The third kappa shape index (κ3) is 4.77. The zero-order chi connectivity index (χ0) is 19.1. The van der Waals surface area contributed by atoms with Gasteiger partial charge in [0.2, 0.25) is 5.91 Å². The van der Waals surface area contributed by atoms with Gasteiger partial charge in [-0.05, 0) is 54.3 Å². The lowest BCUT2D eigenvalue weighted by Gasteiger charge is -2.29. The molecule has 0 aliphatic carbocycles. The molecule has 1 unspecified atom stereocenters. The van der Waals surface area contributed by atoms with Gasteiger partial charge in [-0.1, -0.05) is 37.1 Å². The van der Waals surface area contributed by atoms with Crippen molar-refractivity contribution in [3.63, 3.8) is 0 Å². The number of hydrogen-bond acceptors (Lipinski definition) is 3. The second kappa shape index (κ2) is 9.05. The quantitative estimate of drug-likeness (QED) is 0.741. The fourth-order valence-electron chi connectivity index (χ4n) is 3.48. The minimum Gasteiger partial charge on any atom is -0.497 e. The van der Waals surface area contributed by atoms with Gasteiger partial charge < -0.3 is 9.64 Å². The molecular formula is C23H24N2O2. The number of benzene rings is 2. The van der Waals surface area contributed by atoms with E-state index in [1.807, 2.05) is 35.2 Å². The molecule has 138 valence electrons. The molecular weight excluding hydrogens is 336 g/mol. The first kappa shape index (κ1) is 18.7. The smallest absolute Gasteiger partial charge is 0.247 e. The number of rotatable bonds is 4.